The fraction of sp³-hybridized carbons (Fsp3) is 0.154. The maximum atomic E-state index is 11.9. The van der Waals surface area contributed by atoms with Crippen LogP contribution in [0.4, 0.5) is 0 Å². The molecular weight excluding hydrogens is 329 g/mol. The van der Waals surface area contributed by atoms with Gasteiger partial charge in [0.25, 0.3) is 5.56 Å². The molecule has 0 radical (unpaired) electrons. The number of nitrogens with zero attached hydrogens (tertiary/aromatic N) is 1. The van der Waals surface area contributed by atoms with Crippen LogP contribution in [0.3, 0.4) is 0 Å². The largest absolute Gasteiger partial charge is 0.422 e. The van der Waals surface area contributed by atoms with E-state index in [1.807, 2.05) is 25.2 Å². The normalized spacial score (nSPS) is 11.8. The average Bonchev–Trinajstić information content (AvgIpc) is 2.36. The molecule has 0 aliphatic rings. The molecule has 17 heavy (non-hydrogen) atoms. The lowest BCUT2D eigenvalue weighted by atomic mass is 10.2. The summed E-state index contributed by atoms with van der Waals surface area (Å²) in [5.74, 6) is 0.336. The summed E-state index contributed by atoms with van der Waals surface area (Å²) in [6.07, 6.45) is 9.24. The molecule has 1 aromatic rings. The molecule has 1 heterocycles. The minimum atomic E-state index is -0.143. The molecule has 1 rings (SSSR count). The Morgan fingerprint density at radius 3 is 3.00 bits per heavy atom. The number of aromatic nitrogens is 1. The first-order chi connectivity index (χ1) is 8.22. The van der Waals surface area contributed by atoms with Crippen LogP contribution in [-0.4, -0.2) is 4.57 Å². The molecule has 0 saturated carbocycles. The van der Waals surface area contributed by atoms with Gasteiger partial charge in [-0.1, -0.05) is 30.9 Å². The van der Waals surface area contributed by atoms with Crippen LogP contribution >= 0.6 is 23.0 Å². The monoisotopic (exact) mass is 343 g/mol. The van der Waals surface area contributed by atoms with E-state index in [1.54, 1.807) is 52.0 Å². The Labute approximate surface area is 115 Å². The maximum Gasteiger partial charge on any atom is 0.294 e. The third-order valence-electron chi connectivity index (χ3n) is 2.19. The lowest BCUT2D eigenvalue weighted by Gasteiger charge is -2.07. The second kappa shape index (κ2) is 7.11. The zero-order chi connectivity index (χ0) is 12.7. The lowest BCUT2D eigenvalue weighted by molar-refractivity contribution is 0.659. The van der Waals surface area contributed by atoms with Gasteiger partial charge in [0.15, 0.2) is 28.8 Å². The Hall–Kier alpha value is -1.30. The maximum absolute atomic E-state index is 11.9. The highest BCUT2D eigenvalue weighted by Crippen LogP contribution is 2.07. The summed E-state index contributed by atoms with van der Waals surface area (Å²) in [6, 6.07) is 3.43. The van der Waals surface area contributed by atoms with Crippen LogP contribution in [0.15, 0.2) is 59.6 Å². The molecule has 0 N–H and O–H groups in total. The molecule has 0 unspecified atom stereocenters. The molecule has 0 bridgehead atoms. The highest BCUT2D eigenvalue weighted by atomic mass is 127. The van der Waals surface area contributed by atoms with E-state index in [9.17, 15) is 4.79 Å². The first-order valence-corrected chi connectivity index (χ1v) is 6.03. The van der Waals surface area contributed by atoms with Gasteiger partial charge in [-0.15, -0.1) is 0 Å². The quantitative estimate of drug-likeness (QED) is 0.607. The Balaban J connectivity index is 3.02. The van der Waals surface area contributed by atoms with Crippen molar-refractivity contribution in [2.24, 2.45) is 0 Å². The van der Waals surface area contributed by atoms with Crippen LogP contribution in [0.5, 0.6) is 5.75 Å². The Morgan fingerprint density at radius 2 is 2.41 bits per heavy atom. The smallest absolute Gasteiger partial charge is 0.294 e. The Morgan fingerprint density at radius 1 is 1.65 bits per heavy atom. The number of hydrogen-bond acceptors (Lipinski definition) is 2. The molecule has 0 fully saturated rings. The standard InChI is InChI=1S/C13H14INO2/c1-3-5-7-11(4-2)10-15-9-6-8-12(17-14)13(15)16/h3-9H,2,10H2,1H3/b5-3-,11-7+. The summed E-state index contributed by atoms with van der Waals surface area (Å²) >= 11 is 1.70. The van der Waals surface area contributed by atoms with Gasteiger partial charge in [-0.3, -0.25) is 4.79 Å². The van der Waals surface area contributed by atoms with Gasteiger partial charge in [0.05, 0.1) is 6.54 Å². The summed E-state index contributed by atoms with van der Waals surface area (Å²) in [5.41, 5.74) is 0.825. The average molecular weight is 343 g/mol. The Bertz CT molecular complexity index is 500. The molecule has 0 aliphatic carbocycles. The van der Waals surface area contributed by atoms with Gasteiger partial charge in [-0.25, -0.2) is 0 Å². The van der Waals surface area contributed by atoms with Crippen LogP contribution in [0.2, 0.25) is 0 Å². The summed E-state index contributed by atoms with van der Waals surface area (Å²) in [5, 5.41) is 0. The van der Waals surface area contributed by atoms with E-state index < -0.39 is 0 Å². The van der Waals surface area contributed by atoms with Gasteiger partial charge in [-0.05, 0) is 24.6 Å². The minimum absolute atomic E-state index is 0.143. The van der Waals surface area contributed by atoms with Crippen molar-refractivity contribution in [2.45, 2.75) is 13.5 Å². The predicted molar refractivity (Wildman–Crippen MR) is 78.4 cm³/mol. The van der Waals surface area contributed by atoms with Crippen molar-refractivity contribution in [1.29, 1.82) is 0 Å². The SMILES string of the molecule is C=C/C(=C\C=C/C)Cn1cccc(OI)c1=O. The van der Waals surface area contributed by atoms with Crippen molar-refractivity contribution in [3.05, 3.63) is 65.1 Å². The summed E-state index contributed by atoms with van der Waals surface area (Å²) in [6.45, 7) is 6.16. The fourth-order valence-corrected chi connectivity index (χ4v) is 1.64. The fourth-order valence-electron chi connectivity index (χ4n) is 1.30. The molecule has 4 heteroatoms. The summed E-state index contributed by atoms with van der Waals surface area (Å²) in [4.78, 5) is 11.9. The third kappa shape index (κ3) is 3.89. The van der Waals surface area contributed by atoms with Gasteiger partial charge in [0, 0.05) is 6.20 Å². The van der Waals surface area contributed by atoms with Crippen molar-refractivity contribution in [3.8, 4) is 5.75 Å². The van der Waals surface area contributed by atoms with Crippen LogP contribution in [-0.2, 0) is 6.54 Å². The van der Waals surface area contributed by atoms with Crippen molar-refractivity contribution in [3.63, 3.8) is 0 Å². The molecule has 0 atom stereocenters. The van der Waals surface area contributed by atoms with Crippen molar-refractivity contribution in [2.75, 3.05) is 0 Å². The molecule has 90 valence electrons. The number of allylic oxidation sites excluding steroid dienone is 5. The van der Waals surface area contributed by atoms with E-state index in [0.29, 0.717) is 12.3 Å². The van der Waals surface area contributed by atoms with E-state index in [4.69, 9.17) is 3.07 Å². The summed E-state index contributed by atoms with van der Waals surface area (Å²) in [7, 11) is 0. The number of halogens is 1. The molecule has 0 spiro atoms. The zero-order valence-corrected chi connectivity index (χ0v) is 11.8. The Kier molecular flexibility index (Phi) is 5.76. The highest BCUT2D eigenvalue weighted by Gasteiger charge is 2.03. The summed E-state index contributed by atoms with van der Waals surface area (Å²) < 4.78 is 6.55. The van der Waals surface area contributed by atoms with Gasteiger partial charge < -0.3 is 7.63 Å². The van der Waals surface area contributed by atoms with E-state index in [1.165, 1.54) is 0 Å². The number of pyridine rings is 1. The second-order valence-corrected chi connectivity index (χ2v) is 3.79. The number of rotatable bonds is 5. The highest BCUT2D eigenvalue weighted by molar-refractivity contribution is 14.1. The van der Waals surface area contributed by atoms with Crippen LogP contribution in [0, 0.1) is 0 Å². The van der Waals surface area contributed by atoms with Gasteiger partial charge in [0.2, 0.25) is 0 Å². The third-order valence-corrected chi connectivity index (χ3v) is 2.66. The molecular formula is C13H14INO2. The van der Waals surface area contributed by atoms with Crippen molar-refractivity contribution < 1.29 is 3.07 Å². The van der Waals surface area contributed by atoms with Crippen molar-refractivity contribution >= 4 is 23.0 Å². The molecule has 0 saturated heterocycles. The second-order valence-electron chi connectivity index (χ2n) is 3.35. The van der Waals surface area contributed by atoms with Gasteiger partial charge in [0.1, 0.15) is 0 Å². The van der Waals surface area contributed by atoms with Crippen LogP contribution < -0.4 is 8.63 Å². The molecule has 0 aromatic carbocycles. The van der Waals surface area contributed by atoms with Gasteiger partial charge >= 0.3 is 0 Å². The van der Waals surface area contributed by atoms with Crippen LogP contribution in [0.25, 0.3) is 0 Å². The molecule has 3 nitrogen and oxygen atoms in total. The van der Waals surface area contributed by atoms with Gasteiger partial charge in [-0.2, -0.15) is 0 Å². The van der Waals surface area contributed by atoms with E-state index >= 15 is 0 Å². The zero-order valence-electron chi connectivity index (χ0n) is 9.60. The first-order valence-electron chi connectivity index (χ1n) is 5.15. The molecule has 0 aliphatic heterocycles. The minimum Gasteiger partial charge on any atom is -0.422 e. The van der Waals surface area contributed by atoms with E-state index in [0.717, 1.165) is 5.57 Å². The van der Waals surface area contributed by atoms with Crippen LogP contribution in [0.1, 0.15) is 6.92 Å². The van der Waals surface area contributed by atoms with Crippen molar-refractivity contribution in [1.82, 2.24) is 4.57 Å². The molecule has 1 aromatic heterocycles. The first kappa shape index (κ1) is 13.8. The van der Waals surface area contributed by atoms with E-state index in [2.05, 4.69) is 6.58 Å². The molecule has 0 amide bonds. The van der Waals surface area contributed by atoms with E-state index in [-0.39, 0.29) is 5.56 Å². The lowest BCUT2D eigenvalue weighted by Crippen LogP contribution is -2.20. The number of hydrogen-bond donors (Lipinski definition) is 0. The topological polar surface area (TPSA) is 31.2 Å². The predicted octanol–water partition coefficient (Wildman–Crippen LogP) is 3.27.